The third-order valence-corrected chi connectivity index (χ3v) is 5.19. The summed E-state index contributed by atoms with van der Waals surface area (Å²) in [4.78, 5) is 28.9. The van der Waals surface area contributed by atoms with Crippen molar-refractivity contribution in [3.05, 3.63) is 52.2 Å². The number of esters is 1. The lowest BCUT2D eigenvalue weighted by molar-refractivity contribution is -0.115. The molecular formula is C21H23N3O3S. The van der Waals surface area contributed by atoms with Crippen molar-refractivity contribution in [2.75, 3.05) is 11.9 Å². The van der Waals surface area contributed by atoms with Gasteiger partial charge in [0.1, 0.15) is 11.1 Å². The number of aromatic nitrogens is 1. The fourth-order valence-corrected chi connectivity index (χ4v) is 3.50. The van der Waals surface area contributed by atoms with Gasteiger partial charge in [0, 0.05) is 5.69 Å². The Hall–Kier alpha value is -2.85. The van der Waals surface area contributed by atoms with E-state index in [1.54, 1.807) is 20.8 Å². The highest BCUT2D eigenvalue weighted by atomic mass is 32.2. The standard InChI is InChI=1S/C21H23N3O3S/c1-6-27-21(26)17-10-16(11-22)20(23-14(17)4)28-15(5)19(25)24-18-8-7-12(2)9-13(18)3/h7-10,15H,6H2,1-5H3,(H,24,25)/t15-/m1/s1. The largest absolute Gasteiger partial charge is 0.462 e. The van der Waals surface area contributed by atoms with Crippen molar-refractivity contribution in [2.24, 2.45) is 0 Å². The summed E-state index contributed by atoms with van der Waals surface area (Å²) in [5.41, 5.74) is 3.82. The van der Waals surface area contributed by atoms with Crippen molar-refractivity contribution in [1.29, 1.82) is 5.26 Å². The van der Waals surface area contributed by atoms with Gasteiger partial charge >= 0.3 is 5.97 Å². The first-order valence-corrected chi connectivity index (χ1v) is 9.78. The topological polar surface area (TPSA) is 92.1 Å². The third-order valence-electron chi connectivity index (χ3n) is 4.09. The van der Waals surface area contributed by atoms with Crippen LogP contribution in [0.5, 0.6) is 0 Å². The third kappa shape index (κ3) is 5.11. The molecule has 0 aliphatic rings. The summed E-state index contributed by atoms with van der Waals surface area (Å²) in [5, 5.41) is 12.3. The first-order valence-electron chi connectivity index (χ1n) is 8.90. The van der Waals surface area contributed by atoms with E-state index in [1.165, 1.54) is 17.8 Å². The predicted octanol–water partition coefficient (Wildman–Crippen LogP) is 4.17. The molecule has 2 aromatic rings. The number of nitrogens with zero attached hydrogens (tertiary/aromatic N) is 2. The number of hydrogen-bond donors (Lipinski definition) is 1. The lowest BCUT2D eigenvalue weighted by atomic mass is 10.1. The maximum Gasteiger partial charge on any atom is 0.340 e. The van der Waals surface area contributed by atoms with Crippen LogP contribution >= 0.6 is 11.8 Å². The number of nitrogens with one attached hydrogen (secondary N) is 1. The van der Waals surface area contributed by atoms with Crippen LogP contribution in [0.25, 0.3) is 0 Å². The molecule has 1 aromatic heterocycles. The molecule has 146 valence electrons. The number of aryl methyl sites for hydroxylation is 3. The Kier molecular flexibility index (Phi) is 7.18. The summed E-state index contributed by atoms with van der Waals surface area (Å²) in [5.74, 6) is -0.698. The molecule has 1 amide bonds. The Morgan fingerprint density at radius 3 is 2.61 bits per heavy atom. The average molecular weight is 398 g/mol. The number of ether oxygens (including phenoxy) is 1. The molecule has 1 heterocycles. The molecule has 0 bridgehead atoms. The van der Waals surface area contributed by atoms with Crippen LogP contribution in [0.4, 0.5) is 5.69 Å². The van der Waals surface area contributed by atoms with E-state index in [4.69, 9.17) is 4.74 Å². The number of carbonyl (C=O) groups is 2. The van der Waals surface area contributed by atoms with E-state index in [2.05, 4.69) is 10.3 Å². The van der Waals surface area contributed by atoms with Crippen molar-refractivity contribution in [3.8, 4) is 6.07 Å². The van der Waals surface area contributed by atoms with Crippen molar-refractivity contribution < 1.29 is 14.3 Å². The molecule has 0 spiro atoms. The smallest absolute Gasteiger partial charge is 0.340 e. The molecule has 7 heteroatoms. The Morgan fingerprint density at radius 1 is 1.29 bits per heavy atom. The van der Waals surface area contributed by atoms with Gasteiger partial charge < -0.3 is 10.1 Å². The maximum absolute atomic E-state index is 12.6. The summed E-state index contributed by atoms with van der Waals surface area (Å²) < 4.78 is 4.99. The molecule has 0 saturated heterocycles. The molecule has 0 saturated carbocycles. The number of benzene rings is 1. The van der Waals surface area contributed by atoms with Gasteiger partial charge in [0.2, 0.25) is 5.91 Å². The van der Waals surface area contributed by atoms with Crippen LogP contribution < -0.4 is 5.32 Å². The number of carbonyl (C=O) groups excluding carboxylic acids is 2. The van der Waals surface area contributed by atoms with Crippen molar-refractivity contribution >= 4 is 29.3 Å². The van der Waals surface area contributed by atoms with Crippen molar-refractivity contribution in [1.82, 2.24) is 4.98 Å². The monoisotopic (exact) mass is 397 g/mol. The molecule has 1 N–H and O–H groups in total. The average Bonchev–Trinajstić information content (AvgIpc) is 2.64. The number of thioether (sulfide) groups is 1. The molecule has 1 atom stereocenters. The zero-order valence-electron chi connectivity index (χ0n) is 16.6. The molecule has 0 fully saturated rings. The molecule has 6 nitrogen and oxygen atoms in total. The van der Waals surface area contributed by atoms with Gasteiger partial charge in [-0.15, -0.1) is 0 Å². The van der Waals surface area contributed by atoms with E-state index >= 15 is 0 Å². The Labute approximate surface area is 169 Å². The van der Waals surface area contributed by atoms with Crippen LogP contribution in [-0.2, 0) is 9.53 Å². The number of hydrogen-bond acceptors (Lipinski definition) is 6. The summed E-state index contributed by atoms with van der Waals surface area (Å²) in [6.45, 7) is 9.32. The van der Waals surface area contributed by atoms with E-state index in [0.29, 0.717) is 10.7 Å². The minimum atomic E-state index is -0.513. The summed E-state index contributed by atoms with van der Waals surface area (Å²) in [6, 6.07) is 9.33. The minimum Gasteiger partial charge on any atom is -0.462 e. The molecule has 0 unspecified atom stereocenters. The fourth-order valence-electron chi connectivity index (χ4n) is 2.58. The van der Waals surface area contributed by atoms with Gasteiger partial charge in [0.25, 0.3) is 0 Å². The normalized spacial score (nSPS) is 11.4. The van der Waals surface area contributed by atoms with Gasteiger partial charge in [0.05, 0.1) is 28.7 Å². The van der Waals surface area contributed by atoms with Crippen LogP contribution in [-0.4, -0.2) is 28.7 Å². The fraction of sp³-hybridized carbons (Fsp3) is 0.333. The van der Waals surface area contributed by atoms with Crippen LogP contribution in [0, 0.1) is 32.1 Å². The quantitative estimate of drug-likeness (QED) is 0.581. The number of anilines is 1. The first-order chi connectivity index (χ1) is 13.3. The van der Waals surface area contributed by atoms with E-state index in [0.717, 1.165) is 16.8 Å². The van der Waals surface area contributed by atoms with Gasteiger partial charge in [0.15, 0.2) is 0 Å². The molecule has 0 radical (unpaired) electrons. The van der Waals surface area contributed by atoms with E-state index < -0.39 is 11.2 Å². The van der Waals surface area contributed by atoms with Crippen molar-refractivity contribution in [2.45, 2.75) is 44.9 Å². The summed E-state index contributed by atoms with van der Waals surface area (Å²) in [7, 11) is 0. The van der Waals surface area contributed by atoms with Crippen molar-refractivity contribution in [3.63, 3.8) is 0 Å². The zero-order valence-corrected chi connectivity index (χ0v) is 17.4. The van der Waals surface area contributed by atoms with E-state index in [1.807, 2.05) is 38.1 Å². The second kappa shape index (κ2) is 9.38. The highest BCUT2D eigenvalue weighted by Gasteiger charge is 2.21. The molecule has 0 aliphatic heterocycles. The van der Waals surface area contributed by atoms with Gasteiger partial charge in [-0.3, -0.25) is 4.79 Å². The van der Waals surface area contributed by atoms with Crippen LogP contribution in [0.3, 0.4) is 0 Å². The number of nitriles is 1. The molecule has 28 heavy (non-hydrogen) atoms. The second-order valence-electron chi connectivity index (χ2n) is 6.37. The van der Waals surface area contributed by atoms with Gasteiger partial charge in [-0.05, 0) is 52.3 Å². The number of pyridine rings is 1. The van der Waals surface area contributed by atoms with Crippen LogP contribution in [0.2, 0.25) is 0 Å². The van der Waals surface area contributed by atoms with Gasteiger partial charge in [-0.2, -0.15) is 5.26 Å². The molecule has 0 aliphatic carbocycles. The van der Waals surface area contributed by atoms with E-state index in [9.17, 15) is 14.9 Å². The highest BCUT2D eigenvalue weighted by Crippen LogP contribution is 2.28. The highest BCUT2D eigenvalue weighted by molar-refractivity contribution is 8.00. The zero-order chi connectivity index (χ0) is 20.8. The predicted molar refractivity (Wildman–Crippen MR) is 110 cm³/mol. The molecule has 1 aromatic carbocycles. The van der Waals surface area contributed by atoms with E-state index in [-0.39, 0.29) is 23.6 Å². The second-order valence-corrected chi connectivity index (χ2v) is 7.70. The minimum absolute atomic E-state index is 0.185. The maximum atomic E-state index is 12.6. The summed E-state index contributed by atoms with van der Waals surface area (Å²) >= 11 is 1.18. The van der Waals surface area contributed by atoms with Crippen LogP contribution in [0.1, 0.15) is 46.6 Å². The van der Waals surface area contributed by atoms with Gasteiger partial charge in [-0.25, -0.2) is 9.78 Å². The van der Waals surface area contributed by atoms with Gasteiger partial charge in [-0.1, -0.05) is 29.5 Å². The SMILES string of the molecule is CCOC(=O)c1cc(C#N)c(S[C@H](C)C(=O)Nc2ccc(C)cc2C)nc1C. The number of amides is 1. The molecular weight excluding hydrogens is 374 g/mol. The van der Waals surface area contributed by atoms with Crippen LogP contribution in [0.15, 0.2) is 29.3 Å². The summed E-state index contributed by atoms with van der Waals surface area (Å²) in [6.07, 6.45) is 0. The lowest BCUT2D eigenvalue weighted by Crippen LogP contribution is -2.23. The lowest BCUT2D eigenvalue weighted by Gasteiger charge is -2.15. The Balaban J connectivity index is 2.19. The first kappa shape index (κ1) is 21.5. The number of rotatable bonds is 6. The Bertz CT molecular complexity index is 951. The Morgan fingerprint density at radius 2 is 2.00 bits per heavy atom. The molecule has 2 rings (SSSR count).